The van der Waals surface area contributed by atoms with Gasteiger partial charge in [0.2, 0.25) is 15.9 Å². The van der Waals surface area contributed by atoms with E-state index in [4.69, 9.17) is 5.14 Å². The molecule has 2 atom stereocenters. The monoisotopic (exact) mass is 310 g/mol. The van der Waals surface area contributed by atoms with Gasteiger partial charge in [-0.15, -0.1) is 0 Å². The number of aliphatic carboxylic acids is 1. The zero-order valence-electron chi connectivity index (χ0n) is 10.7. The molecule has 0 spiro atoms. The summed E-state index contributed by atoms with van der Waals surface area (Å²) >= 11 is 4.20. The predicted octanol–water partition coefficient (Wildman–Crippen LogP) is -0.715. The molecule has 0 saturated carbocycles. The van der Waals surface area contributed by atoms with Crippen molar-refractivity contribution in [2.24, 2.45) is 11.1 Å². The number of hydrogen-bond acceptors (Lipinski definition) is 5. The van der Waals surface area contributed by atoms with Crippen LogP contribution in [0.25, 0.3) is 0 Å². The van der Waals surface area contributed by atoms with Crippen molar-refractivity contribution in [1.82, 2.24) is 4.90 Å². The molecule has 0 aromatic rings. The summed E-state index contributed by atoms with van der Waals surface area (Å²) in [7, 11) is -3.68. The maximum absolute atomic E-state index is 11.9. The zero-order chi connectivity index (χ0) is 15.0. The second-order valence-corrected chi connectivity index (χ2v) is 8.15. The van der Waals surface area contributed by atoms with Crippen LogP contribution in [0.5, 0.6) is 0 Å². The number of thiol groups is 1. The lowest BCUT2D eigenvalue weighted by Gasteiger charge is -2.34. The molecule has 1 rings (SSSR count). The topological polar surface area (TPSA) is 118 Å². The number of hydrogen-bond donors (Lipinski definition) is 3. The van der Waals surface area contributed by atoms with Crippen molar-refractivity contribution in [2.75, 3.05) is 12.3 Å². The van der Waals surface area contributed by atoms with E-state index in [-0.39, 0.29) is 24.6 Å². The first-order valence-corrected chi connectivity index (χ1v) is 7.83. The Morgan fingerprint density at radius 2 is 2.16 bits per heavy atom. The molecule has 1 amide bonds. The van der Waals surface area contributed by atoms with Crippen LogP contribution in [-0.2, 0) is 19.6 Å². The minimum atomic E-state index is -3.68. The number of nitrogens with two attached hydrogens (primary N) is 1. The normalized spacial score (nSPS) is 22.6. The molecule has 1 unspecified atom stereocenters. The molecule has 1 saturated heterocycles. The van der Waals surface area contributed by atoms with Crippen LogP contribution < -0.4 is 5.14 Å². The highest BCUT2D eigenvalue weighted by Gasteiger charge is 2.44. The highest BCUT2D eigenvalue weighted by atomic mass is 32.2. The van der Waals surface area contributed by atoms with Gasteiger partial charge in [-0.05, 0) is 13.8 Å². The molecule has 0 aliphatic carbocycles. The van der Waals surface area contributed by atoms with Crippen LogP contribution >= 0.6 is 12.6 Å². The molecule has 0 aromatic carbocycles. The van der Waals surface area contributed by atoms with Crippen molar-refractivity contribution in [3.05, 3.63) is 0 Å². The summed E-state index contributed by atoms with van der Waals surface area (Å²) in [5.74, 6) is -2.35. The Kier molecular flexibility index (Phi) is 4.53. The van der Waals surface area contributed by atoms with Gasteiger partial charge in [-0.2, -0.15) is 12.6 Å². The van der Waals surface area contributed by atoms with E-state index in [0.717, 1.165) is 0 Å². The van der Waals surface area contributed by atoms with Gasteiger partial charge < -0.3 is 10.0 Å². The van der Waals surface area contributed by atoms with Gasteiger partial charge in [0.15, 0.2) is 0 Å². The number of amides is 1. The molecular weight excluding hydrogens is 292 g/mol. The number of sulfonamides is 1. The fourth-order valence-electron chi connectivity index (χ4n) is 2.32. The minimum Gasteiger partial charge on any atom is -0.480 e. The van der Waals surface area contributed by atoms with Gasteiger partial charge >= 0.3 is 5.97 Å². The summed E-state index contributed by atoms with van der Waals surface area (Å²) in [6, 6.07) is -1.10. The van der Waals surface area contributed by atoms with E-state index in [9.17, 15) is 23.1 Å². The van der Waals surface area contributed by atoms with Crippen molar-refractivity contribution in [3.8, 4) is 0 Å². The van der Waals surface area contributed by atoms with Crippen LogP contribution in [0.3, 0.4) is 0 Å². The van der Waals surface area contributed by atoms with E-state index >= 15 is 0 Å². The van der Waals surface area contributed by atoms with E-state index in [1.807, 2.05) is 0 Å². The highest BCUT2D eigenvalue weighted by Crippen LogP contribution is 2.29. The molecular formula is C10H18N2O5S2. The lowest BCUT2D eigenvalue weighted by molar-refractivity contribution is -0.149. The molecule has 3 N–H and O–H groups in total. The number of likely N-dealkylation sites (tertiary alicyclic amines) is 1. The first-order chi connectivity index (χ1) is 8.42. The van der Waals surface area contributed by atoms with E-state index in [1.165, 1.54) is 4.90 Å². The lowest BCUT2D eigenvalue weighted by atomic mass is 10.0. The van der Waals surface area contributed by atoms with Crippen LogP contribution in [0, 0.1) is 5.92 Å². The van der Waals surface area contributed by atoms with E-state index in [1.54, 1.807) is 13.8 Å². The lowest BCUT2D eigenvalue weighted by Crippen LogP contribution is -2.52. The molecule has 1 aliphatic rings. The number of nitrogens with zero attached hydrogens (tertiary/aromatic N) is 1. The van der Waals surface area contributed by atoms with E-state index in [2.05, 4.69) is 12.6 Å². The molecule has 0 aromatic heterocycles. The molecule has 110 valence electrons. The fraction of sp³-hybridized carbons (Fsp3) is 0.800. The number of carbonyl (C=O) groups is 2. The Hall–Kier alpha value is -0.800. The Morgan fingerprint density at radius 1 is 1.63 bits per heavy atom. The smallest absolute Gasteiger partial charge is 0.327 e. The molecule has 1 fully saturated rings. The third-order valence-corrected chi connectivity index (χ3v) is 4.10. The molecule has 0 radical (unpaired) electrons. The maximum Gasteiger partial charge on any atom is 0.327 e. The predicted molar refractivity (Wildman–Crippen MR) is 72.3 cm³/mol. The van der Waals surface area contributed by atoms with E-state index in [0.29, 0.717) is 0 Å². The Bertz CT molecular complexity index is 483. The Morgan fingerprint density at radius 3 is 2.53 bits per heavy atom. The van der Waals surface area contributed by atoms with Gasteiger partial charge in [-0.3, -0.25) is 4.79 Å². The Labute approximate surface area is 117 Å². The van der Waals surface area contributed by atoms with Gasteiger partial charge in [0.05, 0.1) is 5.75 Å². The standard InChI is InChI=1S/C10H18N2O5S2/c1-10(2,18)8(9(14)15)12-4-6(3-7(12)13)5-19(11,16)17/h6,8,18H,3-5H2,1-2H3,(H,14,15)(H2,11,16,17)/t6?,8-/m1/s1. The summed E-state index contributed by atoms with van der Waals surface area (Å²) in [6.07, 6.45) is -0.00985. The quantitative estimate of drug-likeness (QED) is 0.580. The van der Waals surface area contributed by atoms with Crippen molar-refractivity contribution >= 4 is 34.5 Å². The number of carbonyl (C=O) groups excluding carboxylic acids is 1. The van der Waals surface area contributed by atoms with Crippen molar-refractivity contribution in [1.29, 1.82) is 0 Å². The van der Waals surface area contributed by atoms with Crippen molar-refractivity contribution in [3.63, 3.8) is 0 Å². The van der Waals surface area contributed by atoms with Crippen molar-refractivity contribution in [2.45, 2.75) is 31.1 Å². The molecule has 1 heterocycles. The zero-order valence-corrected chi connectivity index (χ0v) is 12.4. The average Bonchev–Trinajstić information content (AvgIpc) is 2.40. The number of carboxylic acid groups (broad SMARTS) is 1. The van der Waals surface area contributed by atoms with Gasteiger partial charge in [0.1, 0.15) is 6.04 Å². The summed E-state index contributed by atoms with van der Waals surface area (Å²) in [6.45, 7) is 3.25. The van der Waals surface area contributed by atoms with Crippen LogP contribution in [-0.4, -0.2) is 53.4 Å². The first kappa shape index (κ1) is 16.3. The van der Waals surface area contributed by atoms with E-state index < -0.39 is 32.7 Å². The number of primary sulfonamides is 1. The molecule has 9 heteroatoms. The third-order valence-electron chi connectivity index (χ3n) is 2.92. The van der Waals surface area contributed by atoms with Gasteiger partial charge in [-0.1, -0.05) is 0 Å². The minimum absolute atomic E-state index is 0.00985. The van der Waals surface area contributed by atoms with Crippen LogP contribution in [0.4, 0.5) is 0 Å². The summed E-state index contributed by atoms with van der Waals surface area (Å²) < 4.78 is 21.1. The van der Waals surface area contributed by atoms with Crippen molar-refractivity contribution < 1.29 is 23.1 Å². The summed E-state index contributed by atoms with van der Waals surface area (Å²) in [5, 5.41) is 14.2. The second-order valence-electron chi connectivity index (χ2n) is 5.34. The highest BCUT2D eigenvalue weighted by molar-refractivity contribution is 7.89. The molecule has 19 heavy (non-hydrogen) atoms. The SMILES string of the molecule is CC(C)(S)[C@@H](C(=O)O)N1CC(CS(N)(=O)=O)CC1=O. The fourth-order valence-corrected chi connectivity index (χ4v) is 3.45. The molecule has 0 bridgehead atoms. The maximum atomic E-state index is 11.9. The van der Waals surface area contributed by atoms with Crippen LogP contribution in [0.15, 0.2) is 0 Å². The van der Waals surface area contributed by atoms with Gasteiger partial charge in [0, 0.05) is 23.6 Å². The van der Waals surface area contributed by atoms with Gasteiger partial charge in [0.25, 0.3) is 0 Å². The average molecular weight is 310 g/mol. The third kappa shape index (κ3) is 4.36. The number of carboxylic acids is 1. The Balaban J connectivity index is 2.90. The van der Waals surface area contributed by atoms with Crippen LogP contribution in [0.1, 0.15) is 20.3 Å². The number of rotatable bonds is 5. The largest absolute Gasteiger partial charge is 0.480 e. The van der Waals surface area contributed by atoms with Gasteiger partial charge in [-0.25, -0.2) is 18.4 Å². The van der Waals surface area contributed by atoms with Crippen LogP contribution in [0.2, 0.25) is 0 Å². The molecule has 7 nitrogen and oxygen atoms in total. The summed E-state index contributed by atoms with van der Waals surface area (Å²) in [4.78, 5) is 24.3. The summed E-state index contributed by atoms with van der Waals surface area (Å²) in [5.41, 5.74) is 0. The first-order valence-electron chi connectivity index (χ1n) is 5.67. The molecule has 1 aliphatic heterocycles. The second kappa shape index (κ2) is 5.29.